The van der Waals surface area contributed by atoms with Crippen LogP contribution in [0, 0.1) is 5.82 Å². The van der Waals surface area contributed by atoms with E-state index in [0.717, 1.165) is 5.56 Å². The zero-order chi connectivity index (χ0) is 13.0. The van der Waals surface area contributed by atoms with Crippen molar-refractivity contribution in [2.45, 2.75) is 13.2 Å². The van der Waals surface area contributed by atoms with Crippen LogP contribution in [0.25, 0.3) is 0 Å². The van der Waals surface area contributed by atoms with Crippen molar-refractivity contribution in [1.82, 2.24) is 0 Å². The van der Waals surface area contributed by atoms with Crippen molar-refractivity contribution in [3.05, 3.63) is 64.4 Å². The first kappa shape index (κ1) is 12.9. The highest BCUT2D eigenvalue weighted by Gasteiger charge is 2.06. The number of rotatable bonds is 4. The Kier molecular flexibility index (Phi) is 4.18. The molecule has 0 fully saturated rings. The van der Waals surface area contributed by atoms with Crippen LogP contribution >= 0.6 is 11.6 Å². The van der Waals surface area contributed by atoms with Crippen molar-refractivity contribution < 1.29 is 9.13 Å². The molecule has 2 rings (SSSR count). The van der Waals surface area contributed by atoms with Crippen molar-refractivity contribution in [2.24, 2.45) is 0 Å². The molecule has 0 heterocycles. The average molecular weight is 266 g/mol. The Morgan fingerprint density at radius 3 is 2.44 bits per heavy atom. The maximum absolute atomic E-state index is 13.6. The number of ether oxygens (including phenoxy) is 1. The van der Waals surface area contributed by atoms with Crippen LogP contribution in [-0.2, 0) is 18.0 Å². The van der Waals surface area contributed by atoms with Gasteiger partial charge < -0.3 is 10.5 Å². The minimum absolute atomic E-state index is 0.133. The minimum atomic E-state index is -0.420. The maximum atomic E-state index is 13.6. The lowest BCUT2D eigenvalue weighted by molar-refractivity contribution is 0.105. The van der Waals surface area contributed by atoms with Gasteiger partial charge in [-0.25, -0.2) is 4.39 Å². The Morgan fingerprint density at radius 1 is 1.00 bits per heavy atom. The molecule has 0 aliphatic carbocycles. The molecule has 18 heavy (non-hydrogen) atoms. The first-order chi connectivity index (χ1) is 8.68. The van der Waals surface area contributed by atoms with Crippen LogP contribution in [0.1, 0.15) is 11.1 Å². The largest absolute Gasteiger partial charge is 0.396 e. The Hall–Kier alpha value is -1.58. The van der Waals surface area contributed by atoms with Gasteiger partial charge in [0.1, 0.15) is 0 Å². The first-order valence-corrected chi connectivity index (χ1v) is 5.90. The molecule has 0 aliphatic rings. The molecule has 2 nitrogen and oxygen atoms in total. The molecule has 4 heteroatoms. The molecule has 0 unspecified atom stereocenters. The lowest BCUT2D eigenvalue weighted by atomic mass is 10.2. The molecule has 0 radical (unpaired) electrons. The molecule has 0 spiro atoms. The van der Waals surface area contributed by atoms with E-state index in [9.17, 15) is 4.39 Å². The van der Waals surface area contributed by atoms with Crippen molar-refractivity contribution >= 4 is 17.3 Å². The number of anilines is 1. The summed E-state index contributed by atoms with van der Waals surface area (Å²) in [6.45, 7) is 0.510. The van der Waals surface area contributed by atoms with Gasteiger partial charge in [0.15, 0.2) is 5.82 Å². The van der Waals surface area contributed by atoms with Crippen LogP contribution in [0.5, 0.6) is 0 Å². The second-order valence-electron chi connectivity index (χ2n) is 3.90. The quantitative estimate of drug-likeness (QED) is 0.854. The van der Waals surface area contributed by atoms with Crippen LogP contribution in [0.15, 0.2) is 42.5 Å². The normalized spacial score (nSPS) is 10.6. The molecule has 2 aromatic rings. The van der Waals surface area contributed by atoms with Gasteiger partial charge in [-0.3, -0.25) is 0 Å². The molecular formula is C14H13ClFNO. The van der Waals surface area contributed by atoms with E-state index in [1.807, 2.05) is 18.2 Å². The number of halogens is 2. The van der Waals surface area contributed by atoms with Gasteiger partial charge in [0, 0.05) is 10.6 Å². The van der Waals surface area contributed by atoms with Gasteiger partial charge >= 0.3 is 0 Å². The molecule has 2 aromatic carbocycles. The molecule has 0 amide bonds. The fourth-order valence-corrected chi connectivity index (χ4v) is 1.79. The molecular weight excluding hydrogens is 253 g/mol. The third-order valence-corrected chi connectivity index (χ3v) is 2.95. The van der Waals surface area contributed by atoms with E-state index in [1.54, 1.807) is 18.2 Å². The average Bonchev–Trinajstić information content (AvgIpc) is 2.37. The first-order valence-electron chi connectivity index (χ1n) is 5.52. The molecule has 0 aromatic heterocycles. The van der Waals surface area contributed by atoms with Crippen molar-refractivity contribution in [3.63, 3.8) is 0 Å². The number of hydrogen-bond acceptors (Lipinski definition) is 2. The summed E-state index contributed by atoms with van der Waals surface area (Å²) < 4.78 is 19.0. The van der Waals surface area contributed by atoms with Crippen LogP contribution in [0.2, 0.25) is 5.02 Å². The predicted octanol–water partition coefficient (Wildman–Crippen LogP) is 3.78. The van der Waals surface area contributed by atoms with Crippen molar-refractivity contribution in [3.8, 4) is 0 Å². The highest BCUT2D eigenvalue weighted by atomic mass is 35.5. The van der Waals surface area contributed by atoms with Crippen molar-refractivity contribution in [2.75, 3.05) is 5.73 Å². The third kappa shape index (κ3) is 3.00. The van der Waals surface area contributed by atoms with E-state index < -0.39 is 5.82 Å². The Balaban J connectivity index is 1.97. The summed E-state index contributed by atoms with van der Waals surface area (Å²) >= 11 is 5.99. The summed E-state index contributed by atoms with van der Waals surface area (Å²) in [5.74, 6) is -0.420. The second kappa shape index (κ2) is 5.85. The number of benzene rings is 2. The van der Waals surface area contributed by atoms with Gasteiger partial charge in [0.05, 0.1) is 18.9 Å². The molecule has 0 saturated carbocycles. The molecule has 0 saturated heterocycles. The van der Waals surface area contributed by atoms with Crippen LogP contribution < -0.4 is 5.73 Å². The highest BCUT2D eigenvalue weighted by molar-refractivity contribution is 6.31. The van der Waals surface area contributed by atoms with Gasteiger partial charge in [-0.2, -0.15) is 0 Å². The number of hydrogen-bond donors (Lipinski definition) is 1. The summed E-state index contributed by atoms with van der Waals surface area (Å²) in [7, 11) is 0. The zero-order valence-electron chi connectivity index (χ0n) is 9.70. The molecule has 2 N–H and O–H groups in total. The summed E-state index contributed by atoms with van der Waals surface area (Å²) in [6.07, 6.45) is 0. The van der Waals surface area contributed by atoms with E-state index in [4.69, 9.17) is 22.1 Å². The zero-order valence-corrected chi connectivity index (χ0v) is 10.5. The van der Waals surface area contributed by atoms with E-state index >= 15 is 0 Å². The van der Waals surface area contributed by atoms with Gasteiger partial charge in [0.25, 0.3) is 0 Å². The fraction of sp³-hybridized carbons (Fsp3) is 0.143. The number of nitrogen functional groups attached to an aromatic ring is 1. The van der Waals surface area contributed by atoms with Gasteiger partial charge in [-0.05, 0) is 17.7 Å². The van der Waals surface area contributed by atoms with Gasteiger partial charge in [-0.15, -0.1) is 0 Å². The Morgan fingerprint density at radius 2 is 1.67 bits per heavy atom. The third-order valence-electron chi connectivity index (χ3n) is 2.58. The Bertz CT molecular complexity index is 545. The standard InChI is InChI=1S/C14H13ClFNO/c15-12-6-2-1-4-10(12)8-18-9-11-5-3-7-13(17)14(11)16/h1-7H,8-9,17H2. The molecule has 0 bridgehead atoms. The Labute approximate surface area is 110 Å². The van der Waals surface area contributed by atoms with Crippen LogP contribution in [0.3, 0.4) is 0 Å². The summed E-state index contributed by atoms with van der Waals surface area (Å²) in [4.78, 5) is 0. The number of nitrogens with two attached hydrogens (primary N) is 1. The van der Waals surface area contributed by atoms with E-state index in [0.29, 0.717) is 17.2 Å². The molecule has 0 aliphatic heterocycles. The van der Waals surface area contributed by atoms with E-state index in [-0.39, 0.29) is 12.3 Å². The summed E-state index contributed by atoms with van der Waals surface area (Å²) in [5.41, 5.74) is 6.93. The molecule has 0 atom stereocenters. The maximum Gasteiger partial charge on any atom is 0.151 e. The summed E-state index contributed by atoms with van der Waals surface area (Å²) in [6, 6.07) is 12.3. The smallest absolute Gasteiger partial charge is 0.151 e. The van der Waals surface area contributed by atoms with Crippen LogP contribution in [0.4, 0.5) is 10.1 Å². The second-order valence-corrected chi connectivity index (χ2v) is 4.31. The molecule has 94 valence electrons. The summed E-state index contributed by atoms with van der Waals surface area (Å²) in [5, 5.41) is 0.644. The van der Waals surface area contributed by atoms with Crippen LogP contribution in [-0.4, -0.2) is 0 Å². The lowest BCUT2D eigenvalue weighted by Gasteiger charge is -2.08. The topological polar surface area (TPSA) is 35.2 Å². The fourth-order valence-electron chi connectivity index (χ4n) is 1.60. The van der Waals surface area contributed by atoms with Gasteiger partial charge in [0.2, 0.25) is 0 Å². The van der Waals surface area contributed by atoms with E-state index in [2.05, 4.69) is 0 Å². The minimum Gasteiger partial charge on any atom is -0.396 e. The monoisotopic (exact) mass is 265 g/mol. The predicted molar refractivity (Wildman–Crippen MR) is 70.8 cm³/mol. The lowest BCUT2D eigenvalue weighted by Crippen LogP contribution is -2.00. The van der Waals surface area contributed by atoms with Gasteiger partial charge in [-0.1, -0.05) is 41.9 Å². The highest BCUT2D eigenvalue weighted by Crippen LogP contribution is 2.18. The van der Waals surface area contributed by atoms with Crippen molar-refractivity contribution in [1.29, 1.82) is 0 Å². The van der Waals surface area contributed by atoms with E-state index in [1.165, 1.54) is 6.07 Å². The SMILES string of the molecule is Nc1cccc(COCc2ccccc2Cl)c1F.